The van der Waals surface area contributed by atoms with Crippen LogP contribution in [0.2, 0.25) is 0 Å². The largest absolute Gasteiger partial charge is 0.525 e. The molecule has 0 spiro atoms. The predicted octanol–water partition coefficient (Wildman–Crippen LogP) is 0.345. The quantitative estimate of drug-likeness (QED) is 0.547. The summed E-state index contributed by atoms with van der Waals surface area (Å²) in [6.45, 7) is 4.07. The Bertz CT molecular complexity index is 50.0. The van der Waals surface area contributed by atoms with E-state index in [2.05, 4.69) is 0 Å². The van der Waals surface area contributed by atoms with Crippen LogP contribution in [0.15, 0.2) is 0 Å². The molecule has 0 aromatic rings. The summed E-state index contributed by atoms with van der Waals surface area (Å²) in [7, 11) is 0. The van der Waals surface area contributed by atoms with Crippen molar-refractivity contribution in [2.75, 3.05) is 5.75 Å². The van der Waals surface area contributed by atoms with Gasteiger partial charge < -0.3 is 10.0 Å². The maximum absolute atomic E-state index is 8.32. The smallest absolute Gasteiger partial charge is 0.418 e. The second-order valence-corrected chi connectivity index (χ2v) is 3.14. The minimum absolute atomic E-state index is 0.529. The first kappa shape index (κ1) is 8.33. The van der Waals surface area contributed by atoms with E-state index in [-0.39, 0.29) is 0 Å². The molecule has 2 N–H and O–H groups in total. The fourth-order valence-corrected chi connectivity index (χ4v) is 0.836. The molecule has 0 aliphatic carbocycles. The molecule has 8 heavy (non-hydrogen) atoms. The fraction of sp³-hybridized carbons (Fsp3) is 1.00. The lowest BCUT2D eigenvalue weighted by Crippen LogP contribution is -2.07. The van der Waals surface area contributed by atoms with Crippen molar-refractivity contribution in [1.82, 2.24) is 0 Å². The third-order valence-electron chi connectivity index (χ3n) is 0.579. The van der Waals surface area contributed by atoms with Crippen LogP contribution in [-0.4, -0.2) is 22.2 Å². The van der Waals surface area contributed by atoms with E-state index in [0.717, 1.165) is 17.4 Å². The van der Waals surface area contributed by atoms with E-state index in [9.17, 15) is 0 Å². The van der Waals surface area contributed by atoms with Crippen molar-refractivity contribution in [3.05, 3.63) is 0 Å². The van der Waals surface area contributed by atoms with Gasteiger partial charge in [-0.3, -0.25) is 0 Å². The van der Waals surface area contributed by atoms with E-state index >= 15 is 0 Å². The zero-order valence-electron chi connectivity index (χ0n) is 5.16. The van der Waals surface area contributed by atoms with Crippen LogP contribution >= 0.6 is 11.6 Å². The summed E-state index contributed by atoms with van der Waals surface area (Å²) in [4.78, 5) is 0. The molecule has 0 bridgehead atoms. The molecule has 0 aromatic heterocycles. The maximum Gasteiger partial charge on any atom is 0.525 e. The van der Waals surface area contributed by atoms with Crippen molar-refractivity contribution in [2.45, 2.75) is 13.8 Å². The Morgan fingerprint density at radius 1 is 1.50 bits per heavy atom. The summed E-state index contributed by atoms with van der Waals surface area (Å²) >= 11 is 1.15. The van der Waals surface area contributed by atoms with Crippen LogP contribution in [0.1, 0.15) is 13.8 Å². The van der Waals surface area contributed by atoms with Crippen molar-refractivity contribution in [1.29, 1.82) is 0 Å². The Balaban J connectivity index is 2.93. The molecule has 0 saturated carbocycles. The summed E-state index contributed by atoms with van der Waals surface area (Å²) in [5.41, 5.74) is 0. The van der Waals surface area contributed by atoms with Gasteiger partial charge in [-0.1, -0.05) is 13.8 Å². The van der Waals surface area contributed by atoms with E-state index in [4.69, 9.17) is 10.0 Å². The van der Waals surface area contributed by atoms with E-state index < -0.39 is 6.40 Å². The van der Waals surface area contributed by atoms with Gasteiger partial charge in [0, 0.05) is 0 Å². The first-order chi connectivity index (χ1) is 3.63. The third-order valence-corrected chi connectivity index (χ3v) is 1.74. The van der Waals surface area contributed by atoms with Crippen molar-refractivity contribution in [2.24, 2.45) is 5.92 Å². The monoisotopic (exact) mass is 134 g/mol. The highest BCUT2D eigenvalue weighted by Gasteiger charge is 2.06. The van der Waals surface area contributed by atoms with E-state index in [0.29, 0.717) is 5.92 Å². The number of hydrogen-bond donors (Lipinski definition) is 2. The first-order valence-electron chi connectivity index (χ1n) is 2.60. The number of rotatable bonds is 3. The topological polar surface area (TPSA) is 40.5 Å². The van der Waals surface area contributed by atoms with Crippen molar-refractivity contribution < 1.29 is 10.0 Å². The van der Waals surface area contributed by atoms with Crippen molar-refractivity contribution in [3.63, 3.8) is 0 Å². The zero-order valence-corrected chi connectivity index (χ0v) is 5.98. The fourth-order valence-electron chi connectivity index (χ4n) is 0.279. The van der Waals surface area contributed by atoms with Gasteiger partial charge in [0.05, 0.1) is 0 Å². The Morgan fingerprint density at radius 3 is 2.12 bits per heavy atom. The highest BCUT2D eigenvalue weighted by molar-refractivity contribution is 8.23. The summed E-state index contributed by atoms with van der Waals surface area (Å²) < 4.78 is 0. The van der Waals surface area contributed by atoms with Crippen LogP contribution in [0, 0.1) is 5.92 Å². The molecule has 0 heterocycles. The van der Waals surface area contributed by atoms with E-state index in [1.807, 2.05) is 13.8 Å². The van der Waals surface area contributed by atoms with Gasteiger partial charge in [-0.25, -0.2) is 0 Å². The van der Waals surface area contributed by atoms with Gasteiger partial charge in [-0.05, 0) is 11.7 Å². The normalized spacial score (nSPS) is 10.1. The zero-order chi connectivity index (χ0) is 6.57. The van der Waals surface area contributed by atoms with Gasteiger partial charge in [0.15, 0.2) is 0 Å². The molecule has 0 rings (SSSR count). The molecular formula is C4H11BO2S. The van der Waals surface area contributed by atoms with Crippen LogP contribution in [0.5, 0.6) is 0 Å². The summed E-state index contributed by atoms with van der Waals surface area (Å²) in [6.07, 6.45) is -1.20. The van der Waals surface area contributed by atoms with Crippen LogP contribution in [0.4, 0.5) is 0 Å². The highest BCUT2D eigenvalue weighted by atomic mass is 32.2. The maximum atomic E-state index is 8.32. The molecule has 0 unspecified atom stereocenters. The average molecular weight is 134 g/mol. The van der Waals surface area contributed by atoms with Gasteiger partial charge >= 0.3 is 6.40 Å². The van der Waals surface area contributed by atoms with Gasteiger partial charge in [-0.2, -0.15) is 0 Å². The predicted molar refractivity (Wildman–Crippen MR) is 37.5 cm³/mol. The van der Waals surface area contributed by atoms with Gasteiger partial charge in [-0.15, -0.1) is 11.6 Å². The summed E-state index contributed by atoms with van der Waals surface area (Å²) in [5.74, 6) is 1.33. The minimum Gasteiger partial charge on any atom is -0.418 e. The van der Waals surface area contributed by atoms with Crippen LogP contribution < -0.4 is 0 Å². The molecule has 48 valence electrons. The summed E-state index contributed by atoms with van der Waals surface area (Å²) in [6, 6.07) is 0. The van der Waals surface area contributed by atoms with E-state index in [1.165, 1.54) is 0 Å². The number of hydrogen-bond acceptors (Lipinski definition) is 3. The standard InChI is InChI=1S/C4H11BO2S/c1-4(2)3-8-5(6)7/h4,6-7H,3H2,1-2H3. The van der Waals surface area contributed by atoms with Gasteiger partial charge in [0.2, 0.25) is 0 Å². The Kier molecular flexibility index (Phi) is 4.41. The Labute approximate surface area is 54.3 Å². The molecule has 0 saturated heterocycles. The molecule has 0 aliphatic heterocycles. The highest BCUT2D eigenvalue weighted by Crippen LogP contribution is 2.06. The van der Waals surface area contributed by atoms with Gasteiger partial charge in [0.25, 0.3) is 0 Å². The van der Waals surface area contributed by atoms with Gasteiger partial charge in [0.1, 0.15) is 0 Å². The van der Waals surface area contributed by atoms with Crippen LogP contribution in [0.3, 0.4) is 0 Å². The molecule has 0 aromatic carbocycles. The molecule has 0 radical (unpaired) electrons. The molecular weight excluding hydrogens is 123 g/mol. The van der Waals surface area contributed by atoms with Crippen LogP contribution in [-0.2, 0) is 0 Å². The molecule has 0 amide bonds. The van der Waals surface area contributed by atoms with Crippen molar-refractivity contribution in [3.8, 4) is 0 Å². The lowest BCUT2D eigenvalue weighted by atomic mass is 10.3. The first-order valence-corrected chi connectivity index (χ1v) is 3.65. The van der Waals surface area contributed by atoms with E-state index in [1.54, 1.807) is 0 Å². The second-order valence-electron chi connectivity index (χ2n) is 2.05. The third kappa shape index (κ3) is 6.33. The Hall–Kier alpha value is 0.335. The molecule has 0 aliphatic rings. The van der Waals surface area contributed by atoms with Crippen molar-refractivity contribution >= 4 is 18.0 Å². The molecule has 4 heteroatoms. The SMILES string of the molecule is CC(C)CSB(O)O. The van der Waals surface area contributed by atoms with Crippen LogP contribution in [0.25, 0.3) is 0 Å². The molecule has 2 nitrogen and oxygen atoms in total. The minimum atomic E-state index is -1.20. The second kappa shape index (κ2) is 4.24. The Morgan fingerprint density at radius 2 is 2.00 bits per heavy atom. The lowest BCUT2D eigenvalue weighted by Gasteiger charge is -2.00. The summed E-state index contributed by atoms with van der Waals surface area (Å²) in [5, 5.41) is 16.6. The molecule has 0 atom stereocenters. The molecule has 0 fully saturated rings. The average Bonchev–Trinajstić information content (AvgIpc) is 1.61. The lowest BCUT2D eigenvalue weighted by molar-refractivity contribution is 0.437.